The number of carbonyl (C=O) groups excluding carboxylic acids is 3. The number of benzene rings is 1. The quantitative estimate of drug-likeness (QED) is 0.0469. The van der Waals surface area contributed by atoms with E-state index in [-0.39, 0.29) is 40.0 Å². The molecule has 2 saturated carbocycles. The Morgan fingerprint density at radius 1 is 0.893 bits per heavy atom. The summed E-state index contributed by atoms with van der Waals surface area (Å²) in [7, 11) is 0. The minimum Gasteiger partial charge on any atom is -0.478 e. The predicted molar refractivity (Wildman–Crippen MR) is 301 cm³/mol. The highest BCUT2D eigenvalue weighted by molar-refractivity contribution is 6.33. The van der Waals surface area contributed by atoms with Gasteiger partial charge in [0.2, 0.25) is 0 Å². The molecule has 0 radical (unpaired) electrons. The highest BCUT2D eigenvalue weighted by Crippen LogP contribution is 2.71. The van der Waals surface area contributed by atoms with Crippen LogP contribution < -0.4 is 0 Å². The number of rotatable bonds is 12. The first-order valence-corrected chi connectivity index (χ1v) is 27.1. The number of allylic oxidation sites excluding steroid dienone is 11. The lowest BCUT2D eigenvalue weighted by Gasteiger charge is -2.64. The second-order valence-corrected chi connectivity index (χ2v) is 24.7. The molecule has 2 aliphatic heterocycles. The Bertz CT molecular complexity index is 2940. The number of aliphatic hydroxyl groups excluding tert-OH is 2. The monoisotopic (exact) mass is 1020 g/mol. The number of nitrogens with zero attached hydrogens (tertiary/aromatic N) is 3. The maximum atomic E-state index is 14.9. The summed E-state index contributed by atoms with van der Waals surface area (Å²) in [5, 5.41) is 33.5. The molecule has 75 heavy (non-hydrogen) atoms. The van der Waals surface area contributed by atoms with Crippen molar-refractivity contribution in [3.8, 4) is 0 Å². The molecule has 11 nitrogen and oxygen atoms in total. The molecule has 2 unspecified atom stereocenters. The van der Waals surface area contributed by atoms with Gasteiger partial charge in [0, 0.05) is 51.0 Å². The van der Waals surface area contributed by atoms with Crippen molar-refractivity contribution >= 4 is 46.0 Å². The van der Waals surface area contributed by atoms with Gasteiger partial charge in [-0.2, -0.15) is 4.79 Å². The van der Waals surface area contributed by atoms with E-state index >= 15 is 0 Å². The van der Waals surface area contributed by atoms with E-state index in [2.05, 4.69) is 96.5 Å². The van der Waals surface area contributed by atoms with Gasteiger partial charge >= 0.3 is 12.2 Å². The molecule has 3 heterocycles. The molecule has 0 amide bonds. The van der Waals surface area contributed by atoms with Gasteiger partial charge in [0.05, 0.1) is 34.5 Å². The van der Waals surface area contributed by atoms with Gasteiger partial charge in [0.25, 0.3) is 5.78 Å². The van der Waals surface area contributed by atoms with Crippen LogP contribution in [0.4, 0.5) is 0 Å². The van der Waals surface area contributed by atoms with Gasteiger partial charge in [-0.25, -0.2) is 4.79 Å². The molecule has 11 heteroatoms. The van der Waals surface area contributed by atoms with Crippen molar-refractivity contribution in [2.45, 2.75) is 184 Å². The summed E-state index contributed by atoms with van der Waals surface area (Å²) in [5.41, 5.74) is 15.7. The lowest BCUT2D eigenvalue weighted by molar-refractivity contribution is -0.144. The van der Waals surface area contributed by atoms with Crippen molar-refractivity contribution in [1.82, 2.24) is 4.57 Å². The molecule has 0 bridgehead atoms. The molecule has 1 aromatic heterocycles. The van der Waals surface area contributed by atoms with E-state index in [0.717, 1.165) is 70.6 Å². The molecule has 0 saturated heterocycles. The Morgan fingerprint density at radius 3 is 2.05 bits per heavy atom. The number of hydrogen-bond donors (Lipinski definition) is 3. The average Bonchev–Trinajstić information content (AvgIpc) is 3.99. The summed E-state index contributed by atoms with van der Waals surface area (Å²) in [4.78, 5) is 51.2. The number of Topliss-reactive ketones (excluding diaryl/α,β-unsaturated/α-hetero) is 3. The van der Waals surface area contributed by atoms with Gasteiger partial charge in [-0.05, 0) is 151 Å². The van der Waals surface area contributed by atoms with E-state index in [1.165, 1.54) is 11.3 Å². The van der Waals surface area contributed by atoms with Crippen LogP contribution in [0.5, 0.6) is 0 Å². The van der Waals surface area contributed by atoms with E-state index in [0.29, 0.717) is 47.3 Å². The van der Waals surface area contributed by atoms with Crippen molar-refractivity contribution in [2.75, 3.05) is 0 Å². The SMILES string of the molecule is C/C(=C\C=C\C(C)C)C(=O)C=[N+]=[N-].C/C(=C\C=C\C(C)C)C(=O)O.C=C(C)[C@H]1C(=O)c2c3c(cc4c5c(n1c24)[C@@]1(C)C(CC[C@H]2[C@](C)(/C=C/C=C(\C)C(=O)CC)[C@@H](O)CC[C@@]21C)C5)C1=CC(C)(C)OC(C)(C)C1[C@@H]3O. The number of aliphatic carboxylic acids is 1. The number of aromatic nitrogens is 1. The lowest BCUT2D eigenvalue weighted by atomic mass is 9.40. The van der Waals surface area contributed by atoms with Crippen LogP contribution in [0.3, 0.4) is 0 Å². The third-order valence-electron chi connectivity index (χ3n) is 17.8. The first-order chi connectivity index (χ1) is 34.9. The zero-order chi connectivity index (χ0) is 56.1. The van der Waals surface area contributed by atoms with Crippen LogP contribution in [0.1, 0.15) is 188 Å². The zero-order valence-electron chi connectivity index (χ0n) is 47.7. The van der Waals surface area contributed by atoms with Gasteiger partial charge in [-0.1, -0.05) is 122 Å². The van der Waals surface area contributed by atoms with Crippen LogP contribution in [0.25, 0.3) is 22.0 Å². The van der Waals surface area contributed by atoms with Crippen molar-refractivity contribution < 1.29 is 44.0 Å². The fourth-order valence-corrected chi connectivity index (χ4v) is 14.0. The highest BCUT2D eigenvalue weighted by Gasteiger charge is 2.68. The molecular formula is C64H85N3O8. The van der Waals surface area contributed by atoms with Gasteiger partial charge < -0.3 is 30.2 Å². The van der Waals surface area contributed by atoms with E-state index in [1.54, 1.807) is 32.1 Å². The number of carbonyl (C=O) groups is 4. The summed E-state index contributed by atoms with van der Waals surface area (Å²) < 4.78 is 8.90. The van der Waals surface area contributed by atoms with Crippen LogP contribution in [0, 0.1) is 40.4 Å². The molecule has 8 rings (SSSR count). The molecule has 6 aliphatic rings. The van der Waals surface area contributed by atoms with Crippen LogP contribution >= 0.6 is 0 Å². The number of aliphatic hydroxyl groups is 2. The molecule has 2 fully saturated rings. The Balaban J connectivity index is 0.000000316. The summed E-state index contributed by atoms with van der Waals surface area (Å²) in [5.74, 6) is 0.300. The zero-order valence-corrected chi connectivity index (χ0v) is 47.7. The fraction of sp³-hybridized carbons (Fsp3) is 0.547. The van der Waals surface area contributed by atoms with Crippen LogP contribution in [0.15, 0.2) is 95.7 Å². The fourth-order valence-electron chi connectivity index (χ4n) is 14.0. The summed E-state index contributed by atoms with van der Waals surface area (Å²) in [6.07, 6.45) is 23.7. The number of ketones is 3. The Morgan fingerprint density at radius 2 is 1.49 bits per heavy atom. The van der Waals surface area contributed by atoms with Crippen molar-refractivity contribution in [2.24, 2.45) is 40.4 Å². The number of hydrogen-bond acceptors (Lipinski definition) is 7. The van der Waals surface area contributed by atoms with Crippen LogP contribution in [-0.4, -0.2) is 71.5 Å². The third kappa shape index (κ3) is 10.5. The minimum atomic E-state index is -0.863. The summed E-state index contributed by atoms with van der Waals surface area (Å²) in [6.45, 7) is 37.0. The highest BCUT2D eigenvalue weighted by atomic mass is 16.5. The van der Waals surface area contributed by atoms with E-state index in [1.807, 2.05) is 65.0 Å². The first-order valence-electron chi connectivity index (χ1n) is 27.1. The Kier molecular flexibility index (Phi) is 17.1. The van der Waals surface area contributed by atoms with Crippen molar-refractivity contribution in [3.05, 3.63) is 129 Å². The van der Waals surface area contributed by atoms with Crippen molar-refractivity contribution in [1.29, 1.82) is 0 Å². The van der Waals surface area contributed by atoms with E-state index < -0.39 is 40.8 Å². The Labute approximate surface area is 446 Å². The molecule has 3 N–H and O–H groups in total. The third-order valence-corrected chi connectivity index (χ3v) is 17.8. The molecule has 2 aromatic rings. The van der Waals surface area contributed by atoms with Gasteiger partial charge in [0.1, 0.15) is 6.04 Å². The van der Waals surface area contributed by atoms with Gasteiger partial charge in [0.15, 0.2) is 11.6 Å². The van der Waals surface area contributed by atoms with Gasteiger partial charge in [-0.3, -0.25) is 14.4 Å². The van der Waals surface area contributed by atoms with Crippen LogP contribution in [-0.2, 0) is 31.0 Å². The topological polar surface area (TPSA) is 180 Å². The number of fused-ring (bicyclic) bond motifs is 11. The van der Waals surface area contributed by atoms with Crippen molar-refractivity contribution in [3.63, 3.8) is 0 Å². The number of carboxylic acid groups (broad SMARTS) is 1. The molecule has 4 aliphatic carbocycles. The second kappa shape index (κ2) is 21.8. The predicted octanol–water partition coefficient (Wildman–Crippen LogP) is 13.3. The van der Waals surface area contributed by atoms with Crippen LogP contribution in [0.2, 0.25) is 0 Å². The second-order valence-electron chi connectivity index (χ2n) is 24.7. The molecule has 1 aromatic carbocycles. The molecule has 404 valence electrons. The molecule has 9 atom stereocenters. The standard InChI is InChI=1S/C45H57NO5.C10H14N2O.C9H14O2/c1-12-30(47)24(4)14-13-18-43(9)31-16-15-25-20-28-27-21-26-29-22-41(5,6)51-42(7,8)35(29)38(49)33(26)34-37(27)46(36(23(2)3)39(34)50)40(28)45(25,11)44(31,10)19-17-32(43)48;1-8(2)5-4-6-9(3)10(13)7-12-11;1-7(2)5-4-6-8(3)9(10)11/h13-14,18,21-22,25,31-32,35-36,38,48-49H,2,12,15-17,19-20H2,1,3-11H3;4-8H,1-3H3;4-7H,1-3H3,(H,10,11)/b18-13+,24-14+;5-4+,9-6+;5-4+,8-6+/t25?,31-,32-,35?,36-,38+,43-,44-,45+;;/m0../s1. The average molecular weight is 1020 g/mol. The first kappa shape index (κ1) is 58.7. The Hall–Kier alpha value is -5.58. The van der Waals surface area contributed by atoms with Gasteiger partial charge in [-0.15, -0.1) is 0 Å². The molecular weight excluding hydrogens is 939 g/mol. The minimum absolute atomic E-state index is 0.0404. The normalized spacial score (nSPS) is 30.3. The molecule has 0 spiro atoms. The summed E-state index contributed by atoms with van der Waals surface area (Å²) >= 11 is 0. The number of ether oxygens (including phenoxy) is 1. The maximum absolute atomic E-state index is 14.9. The smallest absolute Gasteiger partial charge is 0.331 e. The largest absolute Gasteiger partial charge is 0.478 e. The maximum Gasteiger partial charge on any atom is 0.331 e. The lowest BCUT2D eigenvalue weighted by Crippen LogP contribution is -2.62. The summed E-state index contributed by atoms with van der Waals surface area (Å²) in [6, 6.07) is 1.79. The number of carboxylic acids is 1. The van der Waals surface area contributed by atoms with E-state index in [9.17, 15) is 29.4 Å². The van der Waals surface area contributed by atoms with E-state index in [4.69, 9.17) is 15.4 Å².